The largest absolute Gasteiger partial charge is 0.369 e. The quantitative estimate of drug-likeness (QED) is 0.781. The molecule has 0 spiro atoms. The zero-order valence-corrected chi connectivity index (χ0v) is 14.0. The Balaban J connectivity index is 1.64. The molecule has 2 aliphatic rings. The van der Waals surface area contributed by atoms with E-state index in [-0.39, 0.29) is 5.69 Å². The molecule has 4 rings (SSSR count). The van der Waals surface area contributed by atoms with Crippen LogP contribution in [-0.4, -0.2) is 24.9 Å². The molecular weight excluding hydrogens is 319 g/mol. The highest BCUT2D eigenvalue weighted by Gasteiger charge is 2.36. The number of fused-ring (bicyclic) bond motifs is 1. The van der Waals surface area contributed by atoms with Crippen molar-refractivity contribution < 1.29 is 14.0 Å². The van der Waals surface area contributed by atoms with E-state index in [1.165, 1.54) is 6.07 Å². The van der Waals surface area contributed by atoms with Crippen molar-refractivity contribution in [3.8, 4) is 0 Å². The third-order valence-electron chi connectivity index (χ3n) is 5.11. The third kappa shape index (κ3) is 2.60. The number of amides is 2. The molecule has 2 amide bonds. The van der Waals surface area contributed by atoms with Gasteiger partial charge in [-0.05, 0) is 43.0 Å². The standard InChI is InChI=1S/C20H19FN2O2/c1-13-8-10-22(11-9-13)18-7-6-14(12-17(18)21)23-19(24)15-4-2-3-5-16(15)20(23)25/h2-7,12-13H,8-11H2,1H3. The van der Waals surface area contributed by atoms with E-state index in [2.05, 4.69) is 6.92 Å². The summed E-state index contributed by atoms with van der Waals surface area (Å²) in [7, 11) is 0. The number of halogens is 1. The fourth-order valence-corrected chi connectivity index (χ4v) is 3.56. The molecule has 4 nitrogen and oxygen atoms in total. The minimum atomic E-state index is -0.403. The van der Waals surface area contributed by atoms with Gasteiger partial charge in [-0.15, -0.1) is 0 Å². The van der Waals surface area contributed by atoms with Crippen molar-refractivity contribution in [1.82, 2.24) is 0 Å². The average Bonchev–Trinajstić information content (AvgIpc) is 2.87. The van der Waals surface area contributed by atoms with E-state index in [4.69, 9.17) is 0 Å². The first kappa shape index (κ1) is 15.8. The molecule has 2 aromatic rings. The molecule has 0 atom stereocenters. The maximum Gasteiger partial charge on any atom is 0.266 e. The van der Waals surface area contributed by atoms with Gasteiger partial charge in [0.2, 0.25) is 0 Å². The fraction of sp³-hybridized carbons (Fsp3) is 0.300. The molecule has 0 aliphatic carbocycles. The molecule has 0 saturated carbocycles. The van der Waals surface area contributed by atoms with E-state index < -0.39 is 17.6 Å². The normalized spacial score (nSPS) is 18.0. The smallest absolute Gasteiger partial charge is 0.266 e. The van der Waals surface area contributed by atoms with Gasteiger partial charge in [0, 0.05) is 19.2 Å². The second-order valence-electron chi connectivity index (χ2n) is 6.80. The number of nitrogens with zero attached hydrogens (tertiary/aromatic N) is 2. The van der Waals surface area contributed by atoms with Gasteiger partial charge in [0.05, 0.1) is 22.5 Å². The molecule has 0 radical (unpaired) electrons. The Kier molecular flexibility index (Phi) is 3.79. The fourth-order valence-electron chi connectivity index (χ4n) is 3.56. The Morgan fingerprint density at radius 3 is 2.12 bits per heavy atom. The number of anilines is 2. The van der Waals surface area contributed by atoms with Gasteiger partial charge in [0.25, 0.3) is 11.8 Å². The molecule has 0 bridgehead atoms. The predicted octanol–water partition coefficient (Wildman–Crippen LogP) is 3.86. The first-order valence-electron chi connectivity index (χ1n) is 8.58. The maximum atomic E-state index is 14.7. The lowest BCUT2D eigenvalue weighted by Gasteiger charge is -2.32. The van der Waals surface area contributed by atoms with Crippen LogP contribution in [-0.2, 0) is 0 Å². The summed E-state index contributed by atoms with van der Waals surface area (Å²) in [6, 6.07) is 11.3. The number of piperidine rings is 1. The van der Waals surface area contributed by atoms with Crippen LogP contribution in [0.3, 0.4) is 0 Å². The van der Waals surface area contributed by atoms with Gasteiger partial charge < -0.3 is 4.90 Å². The maximum absolute atomic E-state index is 14.7. The molecule has 0 N–H and O–H groups in total. The van der Waals surface area contributed by atoms with Crippen LogP contribution in [0, 0.1) is 11.7 Å². The van der Waals surface area contributed by atoms with E-state index in [0.717, 1.165) is 30.8 Å². The van der Waals surface area contributed by atoms with E-state index in [0.29, 0.717) is 22.7 Å². The van der Waals surface area contributed by atoms with Crippen molar-refractivity contribution in [3.63, 3.8) is 0 Å². The van der Waals surface area contributed by atoms with Crippen molar-refractivity contribution in [2.24, 2.45) is 5.92 Å². The third-order valence-corrected chi connectivity index (χ3v) is 5.11. The van der Waals surface area contributed by atoms with Crippen LogP contribution in [0.15, 0.2) is 42.5 Å². The summed E-state index contributed by atoms with van der Waals surface area (Å²) in [5.41, 5.74) is 1.54. The van der Waals surface area contributed by atoms with E-state index in [9.17, 15) is 14.0 Å². The first-order valence-corrected chi connectivity index (χ1v) is 8.58. The minimum absolute atomic E-state index is 0.276. The van der Waals surface area contributed by atoms with Gasteiger partial charge in [-0.2, -0.15) is 0 Å². The average molecular weight is 338 g/mol. The Hall–Kier alpha value is -2.69. The van der Waals surface area contributed by atoms with Crippen LogP contribution in [0.5, 0.6) is 0 Å². The van der Waals surface area contributed by atoms with Crippen LogP contribution in [0.2, 0.25) is 0 Å². The molecular formula is C20H19FN2O2. The van der Waals surface area contributed by atoms with Gasteiger partial charge >= 0.3 is 0 Å². The van der Waals surface area contributed by atoms with E-state index in [1.54, 1.807) is 36.4 Å². The second kappa shape index (κ2) is 5.99. The van der Waals surface area contributed by atoms with Gasteiger partial charge in [-0.1, -0.05) is 19.1 Å². The second-order valence-corrected chi connectivity index (χ2v) is 6.80. The minimum Gasteiger partial charge on any atom is -0.369 e. The number of imide groups is 1. The van der Waals surface area contributed by atoms with Crippen LogP contribution in [0.1, 0.15) is 40.5 Å². The molecule has 2 aliphatic heterocycles. The van der Waals surface area contributed by atoms with Crippen molar-refractivity contribution >= 4 is 23.2 Å². The molecule has 0 unspecified atom stereocenters. The molecule has 2 aromatic carbocycles. The Labute approximate surface area is 145 Å². The number of hydrogen-bond acceptors (Lipinski definition) is 3. The number of benzene rings is 2. The Bertz CT molecular complexity index is 822. The van der Waals surface area contributed by atoms with Gasteiger partial charge in [-0.3, -0.25) is 9.59 Å². The van der Waals surface area contributed by atoms with E-state index >= 15 is 0 Å². The van der Waals surface area contributed by atoms with Crippen molar-refractivity contribution in [1.29, 1.82) is 0 Å². The molecule has 25 heavy (non-hydrogen) atoms. The summed E-state index contributed by atoms with van der Waals surface area (Å²) >= 11 is 0. The molecule has 0 aromatic heterocycles. The van der Waals surface area contributed by atoms with Crippen molar-refractivity contribution in [2.45, 2.75) is 19.8 Å². The zero-order valence-electron chi connectivity index (χ0n) is 14.0. The van der Waals surface area contributed by atoms with Gasteiger partial charge in [-0.25, -0.2) is 9.29 Å². The Morgan fingerprint density at radius 2 is 1.56 bits per heavy atom. The summed E-state index contributed by atoms with van der Waals surface area (Å²) < 4.78 is 14.7. The summed E-state index contributed by atoms with van der Waals surface area (Å²) in [4.78, 5) is 28.1. The van der Waals surface area contributed by atoms with E-state index in [1.807, 2.05) is 4.90 Å². The number of carbonyl (C=O) groups is 2. The number of carbonyl (C=O) groups excluding carboxylic acids is 2. The predicted molar refractivity (Wildman–Crippen MR) is 94.6 cm³/mol. The summed E-state index contributed by atoms with van der Waals surface area (Å²) in [5.74, 6) is -0.542. The van der Waals surface area contributed by atoms with Crippen molar-refractivity contribution in [3.05, 3.63) is 59.4 Å². The number of hydrogen-bond donors (Lipinski definition) is 0. The Morgan fingerprint density at radius 1 is 0.960 bits per heavy atom. The van der Waals surface area contributed by atoms with Crippen LogP contribution in [0.25, 0.3) is 0 Å². The highest BCUT2D eigenvalue weighted by atomic mass is 19.1. The summed E-state index contributed by atoms with van der Waals surface area (Å²) in [6.07, 6.45) is 2.08. The highest BCUT2D eigenvalue weighted by molar-refractivity contribution is 6.34. The molecule has 128 valence electrons. The van der Waals surface area contributed by atoms with Gasteiger partial charge in [0.15, 0.2) is 0 Å². The lowest BCUT2D eigenvalue weighted by Crippen LogP contribution is -2.33. The first-order chi connectivity index (χ1) is 12.1. The van der Waals surface area contributed by atoms with Crippen LogP contribution >= 0.6 is 0 Å². The SMILES string of the molecule is CC1CCN(c2ccc(N3C(=O)c4ccccc4C3=O)cc2F)CC1. The monoisotopic (exact) mass is 338 g/mol. The highest BCUT2D eigenvalue weighted by Crippen LogP contribution is 2.32. The summed E-state index contributed by atoms with van der Waals surface area (Å²) in [6.45, 7) is 3.86. The molecule has 2 heterocycles. The number of rotatable bonds is 2. The topological polar surface area (TPSA) is 40.6 Å². The molecule has 5 heteroatoms. The van der Waals surface area contributed by atoms with Gasteiger partial charge in [0.1, 0.15) is 5.82 Å². The zero-order chi connectivity index (χ0) is 17.6. The van der Waals surface area contributed by atoms with Crippen LogP contribution in [0.4, 0.5) is 15.8 Å². The van der Waals surface area contributed by atoms with Crippen molar-refractivity contribution in [2.75, 3.05) is 22.9 Å². The molecule has 1 saturated heterocycles. The lowest BCUT2D eigenvalue weighted by molar-refractivity contribution is 0.0926. The molecule has 1 fully saturated rings. The summed E-state index contributed by atoms with van der Waals surface area (Å²) in [5, 5.41) is 0. The lowest BCUT2D eigenvalue weighted by atomic mass is 9.99. The van der Waals surface area contributed by atoms with Crippen LogP contribution < -0.4 is 9.80 Å².